The second-order valence-electron chi connectivity index (χ2n) is 5.36. The molecule has 0 saturated carbocycles. The zero-order chi connectivity index (χ0) is 12.2. The van der Waals surface area contributed by atoms with Crippen molar-refractivity contribution in [2.45, 2.75) is 27.2 Å². The van der Waals surface area contributed by atoms with E-state index < -0.39 is 5.41 Å². The molecule has 2 aliphatic rings. The molecule has 1 aliphatic heterocycles. The van der Waals surface area contributed by atoms with E-state index in [1.165, 1.54) is 5.57 Å². The van der Waals surface area contributed by atoms with Gasteiger partial charge in [0.1, 0.15) is 5.76 Å². The summed E-state index contributed by atoms with van der Waals surface area (Å²) in [5, 5.41) is 0. The molecule has 0 N–H and O–H groups in total. The van der Waals surface area contributed by atoms with E-state index in [4.69, 9.17) is 4.74 Å². The summed E-state index contributed by atoms with van der Waals surface area (Å²) in [5.74, 6) is 1.18. The van der Waals surface area contributed by atoms with Crippen molar-refractivity contribution in [1.29, 1.82) is 0 Å². The number of carbonyl (C=O) groups is 1. The summed E-state index contributed by atoms with van der Waals surface area (Å²) >= 11 is 0. The van der Waals surface area contributed by atoms with Crippen LogP contribution in [0.5, 0.6) is 0 Å². The Morgan fingerprint density at radius 3 is 2.82 bits per heavy atom. The highest BCUT2D eigenvalue weighted by atomic mass is 16.5. The van der Waals surface area contributed by atoms with E-state index in [2.05, 4.69) is 0 Å². The van der Waals surface area contributed by atoms with Gasteiger partial charge in [0, 0.05) is 17.5 Å². The van der Waals surface area contributed by atoms with Crippen LogP contribution >= 0.6 is 0 Å². The van der Waals surface area contributed by atoms with Crippen LogP contribution in [0.2, 0.25) is 0 Å². The van der Waals surface area contributed by atoms with Gasteiger partial charge in [0.2, 0.25) is 0 Å². The maximum atomic E-state index is 12.5. The van der Waals surface area contributed by atoms with Crippen LogP contribution in [-0.4, -0.2) is 12.4 Å². The molecule has 0 aromatic heterocycles. The van der Waals surface area contributed by atoms with Crippen LogP contribution in [0.15, 0.2) is 23.8 Å². The Bertz CT molecular complexity index is 550. The highest BCUT2D eigenvalue weighted by Gasteiger charge is 2.43. The second-order valence-corrected chi connectivity index (χ2v) is 5.36. The molecular weight excluding hydrogens is 212 g/mol. The number of ketones is 1. The molecule has 1 aliphatic carbocycles. The highest BCUT2D eigenvalue weighted by Crippen LogP contribution is 2.47. The first-order valence-corrected chi connectivity index (χ1v) is 6.04. The third kappa shape index (κ3) is 1.24. The van der Waals surface area contributed by atoms with E-state index in [9.17, 15) is 4.79 Å². The molecule has 3 rings (SSSR count). The molecule has 0 unspecified atom stereocenters. The van der Waals surface area contributed by atoms with Gasteiger partial charge in [-0.1, -0.05) is 18.2 Å². The molecule has 17 heavy (non-hydrogen) atoms. The molecule has 0 spiro atoms. The standard InChI is InChI=1S/C15H16O2/c1-9-5-4-6-10-12(9)13-11(7-8-17-13)15(2,3)14(10)16/h4-6H,7-8H2,1-3H3. The fraction of sp³-hybridized carbons (Fsp3) is 0.400. The number of rotatable bonds is 0. The third-order valence-electron chi connectivity index (χ3n) is 3.94. The van der Waals surface area contributed by atoms with E-state index >= 15 is 0 Å². The van der Waals surface area contributed by atoms with E-state index in [0.29, 0.717) is 6.61 Å². The van der Waals surface area contributed by atoms with Crippen LogP contribution in [0.25, 0.3) is 5.76 Å². The van der Waals surface area contributed by atoms with Crippen molar-refractivity contribution in [2.24, 2.45) is 5.41 Å². The van der Waals surface area contributed by atoms with Crippen molar-refractivity contribution < 1.29 is 9.53 Å². The number of hydrogen-bond acceptors (Lipinski definition) is 2. The average molecular weight is 228 g/mol. The first-order chi connectivity index (χ1) is 8.03. The lowest BCUT2D eigenvalue weighted by Crippen LogP contribution is -2.31. The quantitative estimate of drug-likeness (QED) is 0.680. The van der Waals surface area contributed by atoms with E-state index in [0.717, 1.165) is 28.9 Å². The fourth-order valence-corrected chi connectivity index (χ4v) is 2.91. The summed E-state index contributed by atoms with van der Waals surface area (Å²) in [6.07, 6.45) is 0.877. The highest BCUT2D eigenvalue weighted by molar-refractivity contribution is 6.09. The van der Waals surface area contributed by atoms with Gasteiger partial charge < -0.3 is 4.74 Å². The summed E-state index contributed by atoms with van der Waals surface area (Å²) < 4.78 is 5.78. The van der Waals surface area contributed by atoms with Crippen LogP contribution in [0, 0.1) is 12.3 Å². The van der Waals surface area contributed by atoms with E-state index in [-0.39, 0.29) is 5.78 Å². The molecule has 1 heterocycles. The summed E-state index contributed by atoms with van der Waals surface area (Å²) in [4.78, 5) is 12.5. The smallest absolute Gasteiger partial charge is 0.173 e. The van der Waals surface area contributed by atoms with E-state index in [1.54, 1.807) is 0 Å². The Morgan fingerprint density at radius 2 is 2.06 bits per heavy atom. The maximum absolute atomic E-state index is 12.5. The number of carbonyl (C=O) groups excluding carboxylic acids is 1. The number of ether oxygens (including phenoxy) is 1. The van der Waals surface area contributed by atoms with Crippen molar-refractivity contribution in [1.82, 2.24) is 0 Å². The molecule has 0 radical (unpaired) electrons. The van der Waals surface area contributed by atoms with Gasteiger partial charge in [-0.3, -0.25) is 4.79 Å². The van der Waals surface area contributed by atoms with Crippen molar-refractivity contribution in [3.05, 3.63) is 40.5 Å². The molecular formula is C15H16O2. The Kier molecular flexibility index (Phi) is 2.00. The molecule has 1 aromatic rings. The maximum Gasteiger partial charge on any atom is 0.173 e. The molecule has 1 aromatic carbocycles. The molecule has 88 valence electrons. The Balaban J connectivity index is 2.36. The lowest BCUT2D eigenvalue weighted by molar-refractivity contribution is 0.0870. The monoisotopic (exact) mass is 228 g/mol. The first-order valence-electron chi connectivity index (χ1n) is 6.04. The van der Waals surface area contributed by atoms with Gasteiger partial charge in [0.15, 0.2) is 5.78 Å². The van der Waals surface area contributed by atoms with Gasteiger partial charge in [0.05, 0.1) is 12.0 Å². The van der Waals surface area contributed by atoms with E-state index in [1.807, 2.05) is 39.0 Å². The predicted molar refractivity (Wildman–Crippen MR) is 66.8 cm³/mol. The first kappa shape index (κ1) is 10.6. The molecule has 2 nitrogen and oxygen atoms in total. The summed E-state index contributed by atoms with van der Waals surface area (Å²) in [6, 6.07) is 5.90. The van der Waals surface area contributed by atoms with Gasteiger partial charge in [-0.05, 0) is 31.9 Å². The molecule has 0 amide bonds. The van der Waals surface area contributed by atoms with Crippen molar-refractivity contribution in [3.63, 3.8) is 0 Å². The van der Waals surface area contributed by atoms with Gasteiger partial charge in [-0.2, -0.15) is 0 Å². The van der Waals surface area contributed by atoms with Gasteiger partial charge >= 0.3 is 0 Å². The summed E-state index contributed by atoms with van der Waals surface area (Å²) in [5.41, 5.74) is 3.72. The minimum Gasteiger partial charge on any atom is -0.493 e. The average Bonchev–Trinajstić information content (AvgIpc) is 2.76. The van der Waals surface area contributed by atoms with Crippen LogP contribution in [0.4, 0.5) is 0 Å². The van der Waals surface area contributed by atoms with Crippen LogP contribution in [-0.2, 0) is 4.74 Å². The Labute approximate surface area is 101 Å². The molecule has 0 saturated heterocycles. The van der Waals surface area contributed by atoms with Crippen LogP contribution < -0.4 is 0 Å². The lowest BCUT2D eigenvalue weighted by atomic mass is 9.70. The zero-order valence-corrected chi connectivity index (χ0v) is 10.5. The summed E-state index contributed by atoms with van der Waals surface area (Å²) in [6.45, 7) is 6.75. The minimum atomic E-state index is -0.410. The van der Waals surface area contributed by atoms with Crippen LogP contribution in [0.3, 0.4) is 0 Å². The van der Waals surface area contributed by atoms with Gasteiger partial charge in [-0.15, -0.1) is 0 Å². The fourth-order valence-electron chi connectivity index (χ4n) is 2.91. The third-order valence-corrected chi connectivity index (χ3v) is 3.94. The summed E-state index contributed by atoms with van der Waals surface area (Å²) in [7, 11) is 0. The number of Topliss-reactive ketones (excluding diaryl/α,β-unsaturated/α-hetero) is 1. The normalized spacial score (nSPS) is 21.0. The van der Waals surface area contributed by atoms with Gasteiger partial charge in [0.25, 0.3) is 0 Å². The van der Waals surface area contributed by atoms with Gasteiger partial charge in [-0.25, -0.2) is 0 Å². The second kappa shape index (κ2) is 3.22. The molecule has 2 heteroatoms. The number of benzene rings is 1. The predicted octanol–water partition coefficient (Wildman–Crippen LogP) is 3.35. The molecule has 0 atom stereocenters. The minimum absolute atomic E-state index is 0.223. The Hall–Kier alpha value is -1.57. The van der Waals surface area contributed by atoms with Crippen LogP contribution in [0.1, 0.15) is 41.8 Å². The number of aryl methyl sites for hydroxylation is 1. The zero-order valence-electron chi connectivity index (χ0n) is 10.5. The lowest BCUT2D eigenvalue weighted by Gasteiger charge is -2.31. The molecule has 0 bridgehead atoms. The SMILES string of the molecule is Cc1cccc2c1C1=C(CCO1)C(C)(C)C2=O. The number of fused-ring (bicyclic) bond motifs is 2. The Morgan fingerprint density at radius 1 is 1.29 bits per heavy atom. The van der Waals surface area contributed by atoms with Crippen molar-refractivity contribution in [3.8, 4) is 0 Å². The topological polar surface area (TPSA) is 26.3 Å². The van der Waals surface area contributed by atoms with Crippen molar-refractivity contribution in [2.75, 3.05) is 6.61 Å². The molecule has 0 fully saturated rings. The van der Waals surface area contributed by atoms with Crippen molar-refractivity contribution >= 4 is 11.5 Å². The number of hydrogen-bond donors (Lipinski definition) is 0. The largest absolute Gasteiger partial charge is 0.493 e.